The van der Waals surface area contributed by atoms with Crippen molar-refractivity contribution in [2.24, 2.45) is 0 Å². The highest BCUT2D eigenvalue weighted by Crippen LogP contribution is 2.30. The maximum Gasteiger partial charge on any atom is 0.0496 e. The first-order valence-corrected chi connectivity index (χ1v) is 5.15. The van der Waals surface area contributed by atoms with Gasteiger partial charge in [-0.1, -0.05) is 22.0 Å². The molecule has 1 aromatic carbocycles. The molecule has 0 radical (unpaired) electrons. The molecule has 0 unspecified atom stereocenters. The number of hydrogen-bond donors (Lipinski definition) is 1. The Morgan fingerprint density at radius 3 is 3.00 bits per heavy atom. The van der Waals surface area contributed by atoms with Crippen LogP contribution in [-0.4, -0.2) is 9.97 Å². The van der Waals surface area contributed by atoms with Crippen LogP contribution in [0.15, 0.2) is 41.1 Å². The highest BCUT2D eigenvalue weighted by Gasteiger charge is 2.05. The van der Waals surface area contributed by atoms with E-state index >= 15 is 0 Å². The minimum absolute atomic E-state index is 1.11. The number of aromatic nitrogens is 2. The Labute approximate surface area is 89.1 Å². The average molecular weight is 247 g/mol. The number of pyridine rings is 1. The molecule has 14 heavy (non-hydrogen) atoms. The molecular weight excluding hydrogens is 240 g/mol. The summed E-state index contributed by atoms with van der Waals surface area (Å²) in [6.07, 6.45) is 3.69. The molecule has 1 N–H and O–H groups in total. The van der Waals surface area contributed by atoms with Crippen LogP contribution in [0, 0.1) is 0 Å². The number of nitrogens with one attached hydrogen (secondary N) is 1. The molecule has 68 valence electrons. The summed E-state index contributed by atoms with van der Waals surface area (Å²) in [5, 5.41) is 2.37. The van der Waals surface area contributed by atoms with E-state index < -0.39 is 0 Å². The van der Waals surface area contributed by atoms with Gasteiger partial charge in [-0.2, -0.15) is 0 Å². The lowest BCUT2D eigenvalue weighted by atomic mass is 10.2. The van der Waals surface area contributed by atoms with Gasteiger partial charge in [0.25, 0.3) is 0 Å². The first-order valence-electron chi connectivity index (χ1n) is 4.36. The molecule has 0 aliphatic heterocycles. The number of aromatic amines is 1. The summed E-state index contributed by atoms with van der Waals surface area (Å²) in [6.45, 7) is 0. The fourth-order valence-electron chi connectivity index (χ4n) is 1.75. The molecule has 0 aliphatic rings. The minimum atomic E-state index is 1.11. The Balaban J connectivity index is 2.65. The molecule has 2 heterocycles. The fourth-order valence-corrected chi connectivity index (χ4v) is 2.33. The number of H-pyrrole nitrogens is 1. The lowest BCUT2D eigenvalue weighted by Gasteiger charge is -1.93. The number of fused-ring (bicyclic) bond motifs is 3. The van der Waals surface area contributed by atoms with Crippen molar-refractivity contribution in [1.82, 2.24) is 9.97 Å². The number of rotatable bonds is 0. The van der Waals surface area contributed by atoms with Crippen molar-refractivity contribution >= 4 is 37.7 Å². The predicted molar refractivity (Wildman–Crippen MR) is 61.3 cm³/mol. The summed E-state index contributed by atoms with van der Waals surface area (Å²) in [7, 11) is 0. The third-order valence-electron chi connectivity index (χ3n) is 2.37. The third-order valence-corrected chi connectivity index (χ3v) is 3.03. The van der Waals surface area contributed by atoms with Gasteiger partial charge in [0.05, 0.1) is 0 Å². The van der Waals surface area contributed by atoms with Crippen molar-refractivity contribution in [2.75, 3.05) is 0 Å². The lowest BCUT2D eigenvalue weighted by Crippen LogP contribution is -1.70. The zero-order valence-electron chi connectivity index (χ0n) is 7.29. The molecule has 0 spiro atoms. The Bertz CT molecular complexity index is 613. The van der Waals surface area contributed by atoms with Crippen LogP contribution < -0.4 is 0 Å². The first kappa shape index (κ1) is 8.00. The van der Waals surface area contributed by atoms with Gasteiger partial charge < -0.3 is 4.98 Å². The molecule has 0 aliphatic carbocycles. The van der Waals surface area contributed by atoms with Crippen LogP contribution in [0.2, 0.25) is 0 Å². The van der Waals surface area contributed by atoms with Crippen molar-refractivity contribution in [3.05, 3.63) is 41.1 Å². The van der Waals surface area contributed by atoms with Gasteiger partial charge in [0.15, 0.2) is 0 Å². The molecule has 0 bridgehead atoms. The topological polar surface area (TPSA) is 28.7 Å². The molecule has 3 heteroatoms. The van der Waals surface area contributed by atoms with Crippen molar-refractivity contribution in [1.29, 1.82) is 0 Å². The summed E-state index contributed by atoms with van der Waals surface area (Å²) >= 11 is 3.55. The molecule has 2 aromatic heterocycles. The van der Waals surface area contributed by atoms with E-state index in [1.165, 1.54) is 5.39 Å². The zero-order valence-corrected chi connectivity index (χ0v) is 8.88. The van der Waals surface area contributed by atoms with Crippen LogP contribution >= 0.6 is 15.9 Å². The Hall–Kier alpha value is -1.35. The monoisotopic (exact) mass is 246 g/mol. The zero-order chi connectivity index (χ0) is 9.54. The van der Waals surface area contributed by atoms with E-state index in [1.54, 1.807) is 6.20 Å². The van der Waals surface area contributed by atoms with Gasteiger partial charge in [0, 0.05) is 38.7 Å². The highest BCUT2D eigenvalue weighted by atomic mass is 79.9. The summed E-state index contributed by atoms with van der Waals surface area (Å²) < 4.78 is 1.11. The van der Waals surface area contributed by atoms with Crippen LogP contribution in [0.1, 0.15) is 0 Å². The van der Waals surface area contributed by atoms with E-state index in [0.29, 0.717) is 0 Å². The largest absolute Gasteiger partial charge is 0.354 e. The SMILES string of the molecule is Brc1cccc2[nH]c3ccncc3c12. The quantitative estimate of drug-likeness (QED) is 0.647. The maximum absolute atomic E-state index is 4.14. The number of nitrogens with zero attached hydrogens (tertiary/aromatic N) is 1. The van der Waals surface area contributed by atoms with Crippen molar-refractivity contribution in [3.8, 4) is 0 Å². The summed E-state index contributed by atoms with van der Waals surface area (Å²) in [5.41, 5.74) is 2.27. The van der Waals surface area contributed by atoms with Gasteiger partial charge in [-0.05, 0) is 18.2 Å². The number of hydrogen-bond acceptors (Lipinski definition) is 1. The summed E-state index contributed by atoms with van der Waals surface area (Å²) in [4.78, 5) is 7.48. The van der Waals surface area contributed by atoms with Crippen LogP contribution in [0.4, 0.5) is 0 Å². The van der Waals surface area contributed by atoms with Crippen LogP contribution in [0.5, 0.6) is 0 Å². The average Bonchev–Trinajstić information content (AvgIpc) is 2.57. The van der Waals surface area contributed by atoms with Gasteiger partial charge >= 0.3 is 0 Å². The molecule has 0 atom stereocenters. The van der Waals surface area contributed by atoms with Gasteiger partial charge in [0.2, 0.25) is 0 Å². The summed E-state index contributed by atoms with van der Waals surface area (Å²) in [5.74, 6) is 0. The van der Waals surface area contributed by atoms with Gasteiger partial charge in [-0.25, -0.2) is 0 Å². The molecule has 0 saturated carbocycles. The minimum Gasteiger partial charge on any atom is -0.354 e. The lowest BCUT2D eigenvalue weighted by molar-refractivity contribution is 1.36. The number of benzene rings is 1. The second-order valence-electron chi connectivity index (χ2n) is 3.21. The molecule has 3 aromatic rings. The van der Waals surface area contributed by atoms with E-state index in [1.807, 2.05) is 24.4 Å². The molecular formula is C11H7BrN2. The second kappa shape index (κ2) is 2.82. The first-order chi connectivity index (χ1) is 6.86. The molecule has 2 nitrogen and oxygen atoms in total. The third kappa shape index (κ3) is 0.990. The summed E-state index contributed by atoms with van der Waals surface area (Å²) in [6, 6.07) is 8.12. The van der Waals surface area contributed by atoms with E-state index in [-0.39, 0.29) is 0 Å². The highest BCUT2D eigenvalue weighted by molar-refractivity contribution is 9.10. The van der Waals surface area contributed by atoms with E-state index in [0.717, 1.165) is 20.9 Å². The predicted octanol–water partition coefficient (Wildman–Crippen LogP) is 3.48. The van der Waals surface area contributed by atoms with E-state index in [2.05, 4.69) is 32.0 Å². The normalized spacial score (nSPS) is 11.2. The van der Waals surface area contributed by atoms with Gasteiger partial charge in [-0.15, -0.1) is 0 Å². The van der Waals surface area contributed by atoms with E-state index in [4.69, 9.17) is 0 Å². The van der Waals surface area contributed by atoms with Gasteiger partial charge in [0.1, 0.15) is 0 Å². The smallest absolute Gasteiger partial charge is 0.0496 e. The van der Waals surface area contributed by atoms with E-state index in [9.17, 15) is 0 Å². The van der Waals surface area contributed by atoms with Crippen molar-refractivity contribution in [3.63, 3.8) is 0 Å². The molecule has 0 saturated heterocycles. The van der Waals surface area contributed by atoms with Crippen molar-refractivity contribution in [2.45, 2.75) is 0 Å². The van der Waals surface area contributed by atoms with Crippen molar-refractivity contribution < 1.29 is 0 Å². The fraction of sp³-hybridized carbons (Fsp3) is 0. The molecule has 0 fully saturated rings. The number of halogens is 1. The maximum atomic E-state index is 4.14. The molecule has 0 amide bonds. The molecule has 3 rings (SSSR count). The van der Waals surface area contributed by atoms with Crippen LogP contribution in [0.25, 0.3) is 21.8 Å². The second-order valence-corrected chi connectivity index (χ2v) is 4.06. The van der Waals surface area contributed by atoms with Crippen LogP contribution in [-0.2, 0) is 0 Å². The Morgan fingerprint density at radius 2 is 2.07 bits per heavy atom. The Morgan fingerprint density at radius 1 is 1.14 bits per heavy atom. The standard InChI is InChI=1S/C11H7BrN2/c12-8-2-1-3-10-11(8)7-6-13-5-4-9(7)14-10/h1-6,14H. The van der Waals surface area contributed by atoms with Gasteiger partial charge in [-0.3, -0.25) is 4.98 Å². The van der Waals surface area contributed by atoms with Crippen LogP contribution in [0.3, 0.4) is 0 Å². The Kier molecular flexibility index (Phi) is 1.61.